The summed E-state index contributed by atoms with van der Waals surface area (Å²) in [6, 6.07) is 19.8. The molecular formula is C22H20Cl2N2OS. The van der Waals surface area contributed by atoms with Crippen LogP contribution >= 0.6 is 35.4 Å². The summed E-state index contributed by atoms with van der Waals surface area (Å²) in [5.41, 5.74) is 2.15. The zero-order valence-electron chi connectivity index (χ0n) is 15.3. The maximum absolute atomic E-state index is 6.29. The van der Waals surface area contributed by atoms with E-state index < -0.39 is 0 Å². The largest absolute Gasteiger partial charge is 0.454 e. The van der Waals surface area contributed by atoms with Crippen molar-refractivity contribution >= 4 is 40.4 Å². The number of hydrogen-bond donors (Lipinski definition) is 0. The number of hydrogen-bond acceptors (Lipinski definition) is 3. The molecule has 2 heterocycles. The molecule has 1 saturated heterocycles. The van der Waals surface area contributed by atoms with Crippen LogP contribution in [0.5, 0.6) is 0 Å². The third kappa shape index (κ3) is 4.41. The lowest BCUT2D eigenvalue weighted by Gasteiger charge is -2.35. The first kappa shape index (κ1) is 19.5. The molecule has 0 unspecified atom stereocenters. The molecule has 3 nitrogen and oxygen atoms in total. The van der Waals surface area contributed by atoms with Crippen molar-refractivity contribution in [3.63, 3.8) is 0 Å². The lowest BCUT2D eigenvalue weighted by Crippen LogP contribution is -2.47. The maximum Gasteiger partial charge on any atom is 0.162 e. The average Bonchev–Trinajstić information content (AvgIpc) is 3.19. The zero-order valence-corrected chi connectivity index (χ0v) is 17.6. The Labute approximate surface area is 180 Å². The van der Waals surface area contributed by atoms with Gasteiger partial charge in [-0.15, -0.1) is 0 Å². The van der Waals surface area contributed by atoms with Gasteiger partial charge in [-0.25, -0.2) is 0 Å². The zero-order chi connectivity index (χ0) is 19.5. The molecule has 0 bridgehead atoms. The van der Waals surface area contributed by atoms with Crippen molar-refractivity contribution in [1.82, 2.24) is 9.80 Å². The van der Waals surface area contributed by atoms with Crippen LogP contribution in [0.3, 0.4) is 0 Å². The summed E-state index contributed by atoms with van der Waals surface area (Å²) in [5.74, 6) is 1.40. The second-order valence-electron chi connectivity index (χ2n) is 6.84. The van der Waals surface area contributed by atoms with Gasteiger partial charge in [0.25, 0.3) is 0 Å². The van der Waals surface area contributed by atoms with Gasteiger partial charge in [-0.2, -0.15) is 0 Å². The summed E-state index contributed by atoms with van der Waals surface area (Å²) in [5, 5.41) is 1.17. The minimum atomic E-state index is 0.564. The molecule has 1 fully saturated rings. The monoisotopic (exact) mass is 430 g/mol. The number of nitrogens with zero attached hydrogens (tertiary/aromatic N) is 2. The molecule has 144 valence electrons. The van der Waals surface area contributed by atoms with Gasteiger partial charge in [0.2, 0.25) is 0 Å². The second kappa shape index (κ2) is 8.66. The molecule has 0 amide bonds. The van der Waals surface area contributed by atoms with Crippen LogP contribution in [0.15, 0.2) is 65.1 Å². The van der Waals surface area contributed by atoms with E-state index in [2.05, 4.69) is 40.1 Å². The molecule has 0 spiro atoms. The second-order valence-corrected chi connectivity index (χ2v) is 8.07. The first-order valence-corrected chi connectivity index (χ1v) is 10.4. The molecule has 28 heavy (non-hydrogen) atoms. The van der Waals surface area contributed by atoms with Crippen LogP contribution in [0.2, 0.25) is 10.0 Å². The molecule has 1 aliphatic heterocycles. The van der Waals surface area contributed by atoms with Crippen molar-refractivity contribution in [2.75, 3.05) is 26.2 Å². The first-order chi connectivity index (χ1) is 13.6. The molecule has 1 aliphatic rings. The third-order valence-electron chi connectivity index (χ3n) is 4.92. The van der Waals surface area contributed by atoms with Crippen LogP contribution in [0.4, 0.5) is 0 Å². The summed E-state index contributed by atoms with van der Waals surface area (Å²) < 4.78 is 6.00. The Morgan fingerprint density at radius 2 is 1.68 bits per heavy atom. The summed E-state index contributed by atoms with van der Waals surface area (Å²) >= 11 is 18.0. The van der Waals surface area contributed by atoms with Crippen molar-refractivity contribution in [3.8, 4) is 11.3 Å². The van der Waals surface area contributed by atoms with Crippen molar-refractivity contribution < 1.29 is 4.42 Å². The van der Waals surface area contributed by atoms with Crippen molar-refractivity contribution in [2.24, 2.45) is 0 Å². The Morgan fingerprint density at radius 1 is 0.929 bits per heavy atom. The first-order valence-electron chi connectivity index (χ1n) is 9.21. The highest BCUT2D eigenvalue weighted by Gasteiger charge is 2.22. The lowest BCUT2D eigenvalue weighted by molar-refractivity contribution is 0.176. The van der Waals surface area contributed by atoms with E-state index in [9.17, 15) is 0 Å². The summed E-state index contributed by atoms with van der Waals surface area (Å²) in [6.07, 6.45) is 0. The number of halogens is 2. The Bertz CT molecular complexity index is 966. The van der Waals surface area contributed by atoms with E-state index in [0.717, 1.165) is 43.3 Å². The predicted molar refractivity (Wildman–Crippen MR) is 119 cm³/mol. The molecular weight excluding hydrogens is 411 g/mol. The average molecular weight is 431 g/mol. The topological polar surface area (TPSA) is 19.6 Å². The van der Waals surface area contributed by atoms with E-state index in [0.29, 0.717) is 21.6 Å². The molecule has 1 aromatic heterocycles. The minimum absolute atomic E-state index is 0.564. The van der Waals surface area contributed by atoms with Gasteiger partial charge in [0, 0.05) is 43.3 Å². The van der Waals surface area contributed by atoms with Crippen LogP contribution < -0.4 is 0 Å². The molecule has 0 saturated carbocycles. The fourth-order valence-corrected chi connectivity index (χ4v) is 4.19. The van der Waals surface area contributed by atoms with Crippen LogP contribution in [0, 0.1) is 0 Å². The highest BCUT2D eigenvalue weighted by Crippen LogP contribution is 2.32. The normalized spacial score (nSPS) is 15.0. The fourth-order valence-electron chi connectivity index (χ4n) is 3.39. The van der Waals surface area contributed by atoms with E-state index in [1.165, 1.54) is 5.56 Å². The molecule has 0 radical (unpaired) electrons. The van der Waals surface area contributed by atoms with E-state index in [4.69, 9.17) is 39.8 Å². The number of rotatable bonds is 4. The Morgan fingerprint density at radius 3 is 2.39 bits per heavy atom. The molecule has 2 aromatic carbocycles. The van der Waals surface area contributed by atoms with E-state index in [1.54, 1.807) is 12.1 Å². The highest BCUT2D eigenvalue weighted by molar-refractivity contribution is 7.80. The van der Waals surface area contributed by atoms with Crippen molar-refractivity contribution in [2.45, 2.75) is 6.54 Å². The summed E-state index contributed by atoms with van der Waals surface area (Å²) in [7, 11) is 0. The van der Waals surface area contributed by atoms with Gasteiger partial charge < -0.3 is 9.32 Å². The van der Waals surface area contributed by atoms with Crippen molar-refractivity contribution in [1.29, 1.82) is 0 Å². The molecule has 0 N–H and O–H groups in total. The SMILES string of the molecule is S=C(c1ccc(-c2ccc(Cl)cc2Cl)o1)N1CCN(Cc2ccccc2)CC1. The summed E-state index contributed by atoms with van der Waals surface area (Å²) in [4.78, 5) is 5.41. The van der Waals surface area contributed by atoms with Gasteiger partial charge in [-0.3, -0.25) is 4.90 Å². The van der Waals surface area contributed by atoms with E-state index in [-0.39, 0.29) is 0 Å². The minimum Gasteiger partial charge on any atom is -0.454 e. The molecule has 3 aromatic rings. The van der Waals surface area contributed by atoms with Crippen LogP contribution in [-0.2, 0) is 6.54 Å². The third-order valence-corrected chi connectivity index (χ3v) is 5.93. The van der Waals surface area contributed by atoms with Crippen molar-refractivity contribution in [3.05, 3.63) is 82.0 Å². The number of thiocarbonyl (C=S) groups is 1. The Hall–Kier alpha value is -1.85. The van der Waals surface area contributed by atoms with Gasteiger partial charge in [0.15, 0.2) is 5.76 Å². The lowest BCUT2D eigenvalue weighted by atomic mass is 10.2. The maximum atomic E-state index is 6.29. The Balaban J connectivity index is 1.39. The summed E-state index contributed by atoms with van der Waals surface area (Å²) in [6.45, 7) is 4.71. The Kier molecular flexibility index (Phi) is 6.02. The molecule has 0 aliphatic carbocycles. The molecule has 6 heteroatoms. The van der Waals surface area contributed by atoms with Crippen LogP contribution in [0.25, 0.3) is 11.3 Å². The fraction of sp³-hybridized carbons (Fsp3) is 0.227. The molecule has 0 atom stereocenters. The predicted octanol–water partition coefficient (Wildman–Crippen LogP) is 5.75. The van der Waals surface area contributed by atoms with Gasteiger partial charge in [0.1, 0.15) is 10.7 Å². The standard InChI is InChI=1S/C22H20Cl2N2OS/c23-17-6-7-18(19(24)14-17)20-8-9-21(27-20)22(28)26-12-10-25(11-13-26)15-16-4-2-1-3-5-16/h1-9,14H,10-13,15H2. The van der Waals surface area contributed by atoms with Crippen LogP contribution in [-0.4, -0.2) is 41.0 Å². The highest BCUT2D eigenvalue weighted by atomic mass is 35.5. The van der Waals surface area contributed by atoms with E-state index in [1.807, 2.05) is 18.2 Å². The van der Waals surface area contributed by atoms with Gasteiger partial charge >= 0.3 is 0 Å². The van der Waals surface area contributed by atoms with Crippen LogP contribution in [0.1, 0.15) is 11.3 Å². The molecule has 4 rings (SSSR count). The van der Waals surface area contributed by atoms with Gasteiger partial charge in [-0.05, 0) is 35.9 Å². The van der Waals surface area contributed by atoms with Gasteiger partial charge in [0.05, 0.1) is 5.02 Å². The van der Waals surface area contributed by atoms with E-state index >= 15 is 0 Å². The quantitative estimate of drug-likeness (QED) is 0.490. The number of benzene rings is 2. The number of furan rings is 1. The number of piperazine rings is 1. The smallest absolute Gasteiger partial charge is 0.162 e. The van der Waals surface area contributed by atoms with Gasteiger partial charge in [-0.1, -0.05) is 65.8 Å².